The minimum atomic E-state index is 0.492. The number of rotatable bonds is 2. The summed E-state index contributed by atoms with van der Waals surface area (Å²) in [6, 6.07) is 25.7. The monoisotopic (exact) mass is 388 g/mol. The van der Waals surface area contributed by atoms with Gasteiger partial charge < -0.3 is 4.42 Å². The van der Waals surface area contributed by atoms with Crippen molar-refractivity contribution in [2.45, 2.75) is 19.8 Å². The van der Waals surface area contributed by atoms with Crippen molar-refractivity contribution in [2.24, 2.45) is 0 Å². The highest BCUT2D eigenvalue weighted by atomic mass is 16.3. The van der Waals surface area contributed by atoms with Gasteiger partial charge in [0.2, 0.25) is 0 Å². The molecule has 3 heteroatoms. The third-order valence-electron chi connectivity index (χ3n) is 5.92. The van der Waals surface area contributed by atoms with E-state index in [1.54, 1.807) is 6.33 Å². The molecule has 0 amide bonds. The number of aromatic nitrogens is 2. The van der Waals surface area contributed by atoms with E-state index in [9.17, 15) is 0 Å². The van der Waals surface area contributed by atoms with Crippen LogP contribution in [0.5, 0.6) is 0 Å². The Morgan fingerprint density at radius 2 is 1.53 bits per heavy atom. The molecule has 0 saturated heterocycles. The number of fused-ring (bicyclic) bond motifs is 5. The minimum absolute atomic E-state index is 0.492. The first-order chi connectivity index (χ1) is 14.7. The molecule has 0 spiro atoms. The zero-order chi connectivity index (χ0) is 20.2. The first-order valence-electron chi connectivity index (χ1n) is 10.3. The second-order valence-electron chi connectivity index (χ2n) is 8.17. The van der Waals surface area contributed by atoms with E-state index in [0.29, 0.717) is 5.92 Å². The van der Waals surface area contributed by atoms with E-state index >= 15 is 0 Å². The summed E-state index contributed by atoms with van der Waals surface area (Å²) in [6.07, 6.45) is 1.63. The molecule has 6 aromatic rings. The van der Waals surface area contributed by atoms with Crippen LogP contribution in [0.1, 0.15) is 25.3 Å². The number of hydrogen-bond donors (Lipinski definition) is 0. The Morgan fingerprint density at radius 3 is 2.40 bits per heavy atom. The van der Waals surface area contributed by atoms with Crippen molar-refractivity contribution in [3.8, 4) is 11.3 Å². The molecule has 0 saturated carbocycles. The Labute approximate surface area is 174 Å². The van der Waals surface area contributed by atoms with Gasteiger partial charge in [0.15, 0.2) is 5.58 Å². The molecule has 3 nitrogen and oxygen atoms in total. The quantitative estimate of drug-likeness (QED) is 0.309. The van der Waals surface area contributed by atoms with Crippen LogP contribution in [0.4, 0.5) is 0 Å². The fourth-order valence-corrected chi connectivity index (χ4v) is 4.24. The molecule has 30 heavy (non-hydrogen) atoms. The molecule has 0 fully saturated rings. The zero-order valence-corrected chi connectivity index (χ0v) is 16.9. The van der Waals surface area contributed by atoms with E-state index in [-0.39, 0.29) is 0 Å². The normalized spacial score (nSPS) is 12.0. The SMILES string of the molecule is CC(C)c1ccc2cc3c(cc2c1)oc1c(-c2ccc4ccccc4c2)ncnc13. The molecule has 2 aromatic heterocycles. The van der Waals surface area contributed by atoms with Gasteiger partial charge in [-0.1, -0.05) is 68.4 Å². The van der Waals surface area contributed by atoms with Gasteiger partial charge in [0.1, 0.15) is 23.1 Å². The molecule has 0 aliphatic heterocycles. The van der Waals surface area contributed by atoms with Crippen molar-refractivity contribution in [3.05, 3.63) is 84.7 Å². The van der Waals surface area contributed by atoms with Gasteiger partial charge in [0, 0.05) is 10.9 Å². The van der Waals surface area contributed by atoms with Gasteiger partial charge in [-0.05, 0) is 51.2 Å². The first-order valence-corrected chi connectivity index (χ1v) is 10.3. The van der Waals surface area contributed by atoms with Crippen LogP contribution in [0.15, 0.2) is 83.5 Å². The lowest BCUT2D eigenvalue weighted by Crippen LogP contribution is -1.87. The maximum Gasteiger partial charge on any atom is 0.180 e. The Bertz CT molecular complexity index is 1580. The number of benzene rings is 4. The van der Waals surface area contributed by atoms with E-state index in [2.05, 4.69) is 96.6 Å². The van der Waals surface area contributed by atoms with Crippen molar-refractivity contribution in [1.29, 1.82) is 0 Å². The highest BCUT2D eigenvalue weighted by Gasteiger charge is 2.16. The summed E-state index contributed by atoms with van der Waals surface area (Å²) in [5.74, 6) is 0.492. The van der Waals surface area contributed by atoms with Crippen LogP contribution in [0.3, 0.4) is 0 Å². The average molecular weight is 388 g/mol. The van der Waals surface area contributed by atoms with Gasteiger partial charge >= 0.3 is 0 Å². The summed E-state index contributed by atoms with van der Waals surface area (Å²) in [5.41, 5.74) is 5.64. The predicted octanol–water partition coefficient (Wildman–Crippen LogP) is 7.47. The van der Waals surface area contributed by atoms with Crippen LogP contribution in [-0.2, 0) is 0 Å². The second-order valence-corrected chi connectivity index (χ2v) is 8.17. The summed E-state index contributed by atoms with van der Waals surface area (Å²) in [6.45, 7) is 4.43. The predicted molar refractivity (Wildman–Crippen MR) is 124 cm³/mol. The largest absolute Gasteiger partial charge is 0.452 e. The minimum Gasteiger partial charge on any atom is -0.452 e. The topological polar surface area (TPSA) is 38.9 Å². The van der Waals surface area contributed by atoms with E-state index < -0.39 is 0 Å². The molecule has 0 N–H and O–H groups in total. The third kappa shape index (κ3) is 2.59. The molecule has 2 heterocycles. The van der Waals surface area contributed by atoms with Crippen LogP contribution in [0.2, 0.25) is 0 Å². The van der Waals surface area contributed by atoms with Gasteiger partial charge in [-0.2, -0.15) is 0 Å². The van der Waals surface area contributed by atoms with Gasteiger partial charge in [-0.25, -0.2) is 9.97 Å². The van der Waals surface area contributed by atoms with Crippen LogP contribution in [-0.4, -0.2) is 9.97 Å². The van der Waals surface area contributed by atoms with E-state index in [1.807, 2.05) is 0 Å². The van der Waals surface area contributed by atoms with E-state index in [4.69, 9.17) is 4.42 Å². The smallest absolute Gasteiger partial charge is 0.180 e. The van der Waals surface area contributed by atoms with E-state index in [0.717, 1.165) is 33.3 Å². The highest BCUT2D eigenvalue weighted by molar-refractivity contribution is 6.11. The molecular weight excluding hydrogens is 368 g/mol. The molecule has 0 bridgehead atoms. The standard InChI is InChI=1S/C27H20N2O/c1-16(2)18-8-9-20-13-23-24(14-22(20)11-18)30-27-25(28-15-29-26(23)27)21-10-7-17-5-3-4-6-19(17)12-21/h3-16H,1-2H3. The van der Waals surface area contributed by atoms with Crippen molar-refractivity contribution in [3.63, 3.8) is 0 Å². The summed E-state index contributed by atoms with van der Waals surface area (Å²) in [4.78, 5) is 9.15. The molecule has 0 radical (unpaired) electrons. The Balaban J connectivity index is 1.61. The Kier molecular flexibility index (Phi) is 3.66. The molecule has 0 unspecified atom stereocenters. The summed E-state index contributed by atoms with van der Waals surface area (Å²) in [7, 11) is 0. The molecular formula is C27H20N2O. The van der Waals surface area contributed by atoms with Crippen molar-refractivity contribution >= 4 is 43.6 Å². The van der Waals surface area contributed by atoms with Gasteiger partial charge in [0.25, 0.3) is 0 Å². The van der Waals surface area contributed by atoms with E-state index in [1.165, 1.54) is 27.1 Å². The fraction of sp³-hybridized carbons (Fsp3) is 0.111. The highest BCUT2D eigenvalue weighted by Crippen LogP contribution is 2.36. The molecule has 144 valence electrons. The van der Waals surface area contributed by atoms with Gasteiger partial charge in [-0.3, -0.25) is 0 Å². The Hall–Kier alpha value is -3.72. The molecule has 6 rings (SSSR count). The van der Waals surface area contributed by atoms with Crippen molar-refractivity contribution in [1.82, 2.24) is 9.97 Å². The lowest BCUT2D eigenvalue weighted by Gasteiger charge is -2.06. The fourth-order valence-electron chi connectivity index (χ4n) is 4.24. The van der Waals surface area contributed by atoms with Crippen LogP contribution in [0, 0.1) is 0 Å². The average Bonchev–Trinajstić information content (AvgIpc) is 3.14. The summed E-state index contributed by atoms with van der Waals surface area (Å²) >= 11 is 0. The summed E-state index contributed by atoms with van der Waals surface area (Å²) < 4.78 is 6.33. The molecule has 0 aliphatic carbocycles. The maximum absolute atomic E-state index is 6.33. The number of hydrogen-bond acceptors (Lipinski definition) is 3. The molecule has 0 atom stereocenters. The Morgan fingerprint density at radius 1 is 0.733 bits per heavy atom. The second kappa shape index (κ2) is 6.39. The summed E-state index contributed by atoms with van der Waals surface area (Å²) in [5, 5.41) is 5.81. The first kappa shape index (κ1) is 17.2. The van der Waals surface area contributed by atoms with Crippen LogP contribution < -0.4 is 0 Å². The van der Waals surface area contributed by atoms with Gasteiger partial charge in [0.05, 0.1) is 0 Å². The third-order valence-corrected chi connectivity index (χ3v) is 5.92. The molecule has 4 aromatic carbocycles. The van der Waals surface area contributed by atoms with Crippen molar-refractivity contribution in [2.75, 3.05) is 0 Å². The van der Waals surface area contributed by atoms with Crippen LogP contribution in [0.25, 0.3) is 54.9 Å². The lowest BCUT2D eigenvalue weighted by molar-refractivity contribution is 0.667. The van der Waals surface area contributed by atoms with Crippen LogP contribution >= 0.6 is 0 Å². The maximum atomic E-state index is 6.33. The molecule has 0 aliphatic rings. The lowest BCUT2D eigenvalue weighted by atomic mass is 9.98. The van der Waals surface area contributed by atoms with Crippen molar-refractivity contribution < 1.29 is 4.42 Å². The number of nitrogens with zero attached hydrogens (tertiary/aromatic N) is 2. The zero-order valence-electron chi connectivity index (χ0n) is 16.9. The number of furan rings is 1. The van der Waals surface area contributed by atoms with Gasteiger partial charge in [-0.15, -0.1) is 0 Å².